The van der Waals surface area contributed by atoms with Gasteiger partial charge in [-0.2, -0.15) is 5.26 Å². The maximum Gasteiger partial charge on any atom is 0.340 e. The Balaban J connectivity index is 2.12. The minimum Gasteiger partial charge on any atom is -0.495 e. The number of para-hydroxylation sites is 1. The number of amides is 1. The van der Waals surface area contributed by atoms with Crippen molar-refractivity contribution in [3.05, 3.63) is 64.8 Å². The van der Waals surface area contributed by atoms with E-state index in [0.717, 1.165) is 12.8 Å². The largest absolute Gasteiger partial charge is 0.495 e. The molecular formula is C22H22ClN3O4. The number of carbonyl (C=O) groups excluding carboxylic acids is 2. The fraction of sp³-hybridized carbons (Fsp3) is 0.227. The van der Waals surface area contributed by atoms with Crippen LogP contribution in [0.15, 0.2) is 54.2 Å². The lowest BCUT2D eigenvalue weighted by atomic mass is 10.1. The molecule has 0 unspecified atom stereocenters. The Morgan fingerprint density at radius 2 is 2.00 bits per heavy atom. The number of esters is 1. The summed E-state index contributed by atoms with van der Waals surface area (Å²) in [7, 11) is 1.49. The third-order valence-corrected chi connectivity index (χ3v) is 4.32. The summed E-state index contributed by atoms with van der Waals surface area (Å²) in [5.74, 6) is -0.639. The normalized spacial score (nSPS) is 10.7. The first-order valence-corrected chi connectivity index (χ1v) is 9.65. The first kappa shape index (κ1) is 22.8. The molecule has 2 N–H and O–H groups in total. The highest BCUT2D eigenvalue weighted by Gasteiger charge is 2.14. The van der Waals surface area contributed by atoms with Gasteiger partial charge in [0.15, 0.2) is 0 Å². The monoisotopic (exact) mass is 427 g/mol. The smallest absolute Gasteiger partial charge is 0.340 e. The molecule has 156 valence electrons. The van der Waals surface area contributed by atoms with Crippen LogP contribution < -0.4 is 15.4 Å². The quantitative estimate of drug-likeness (QED) is 0.259. The van der Waals surface area contributed by atoms with Gasteiger partial charge in [0.1, 0.15) is 17.4 Å². The topological polar surface area (TPSA) is 100 Å². The summed E-state index contributed by atoms with van der Waals surface area (Å²) in [6.07, 6.45) is 2.92. The fourth-order valence-electron chi connectivity index (χ4n) is 2.42. The van der Waals surface area contributed by atoms with Crippen LogP contribution in [0.5, 0.6) is 5.75 Å². The van der Waals surface area contributed by atoms with Crippen molar-refractivity contribution in [2.45, 2.75) is 19.8 Å². The number of halogens is 1. The molecule has 0 saturated heterocycles. The molecule has 0 aliphatic rings. The maximum absolute atomic E-state index is 12.4. The Morgan fingerprint density at radius 3 is 2.67 bits per heavy atom. The van der Waals surface area contributed by atoms with Gasteiger partial charge in [0.2, 0.25) is 0 Å². The zero-order chi connectivity index (χ0) is 21.9. The summed E-state index contributed by atoms with van der Waals surface area (Å²) in [5, 5.41) is 15.1. The molecule has 1 amide bonds. The first-order chi connectivity index (χ1) is 14.5. The molecule has 2 rings (SSSR count). The molecule has 0 bridgehead atoms. The van der Waals surface area contributed by atoms with Crippen LogP contribution in [0.2, 0.25) is 5.02 Å². The number of carbonyl (C=O) groups is 2. The fourth-order valence-corrected chi connectivity index (χ4v) is 2.67. The first-order valence-electron chi connectivity index (χ1n) is 9.28. The number of rotatable bonds is 9. The van der Waals surface area contributed by atoms with Gasteiger partial charge in [0.05, 0.1) is 30.0 Å². The number of nitriles is 1. The molecule has 0 radical (unpaired) electrons. The SMILES string of the molecule is CCCCOC(=O)c1ccccc1N/C=C(/C#N)C(=O)Nc1ccc(OC)c(Cl)c1. The predicted molar refractivity (Wildman–Crippen MR) is 116 cm³/mol. The predicted octanol–water partition coefficient (Wildman–Crippen LogP) is 4.76. The number of unbranched alkanes of at least 4 members (excludes halogenated alkanes) is 1. The summed E-state index contributed by atoms with van der Waals surface area (Å²) in [5.41, 5.74) is 0.958. The Kier molecular flexibility index (Phi) is 8.73. The number of nitrogens with one attached hydrogen (secondary N) is 2. The highest BCUT2D eigenvalue weighted by atomic mass is 35.5. The van der Waals surface area contributed by atoms with Crippen LogP contribution in [0, 0.1) is 11.3 Å². The molecule has 0 aromatic heterocycles. The lowest BCUT2D eigenvalue weighted by Crippen LogP contribution is -2.15. The summed E-state index contributed by atoms with van der Waals surface area (Å²) < 4.78 is 10.3. The number of benzene rings is 2. The zero-order valence-corrected chi connectivity index (χ0v) is 17.5. The highest BCUT2D eigenvalue weighted by molar-refractivity contribution is 6.32. The lowest BCUT2D eigenvalue weighted by Gasteiger charge is -2.10. The van der Waals surface area contributed by atoms with Crippen molar-refractivity contribution in [2.24, 2.45) is 0 Å². The number of anilines is 2. The second kappa shape index (κ2) is 11.5. The van der Waals surface area contributed by atoms with Gasteiger partial charge in [-0.25, -0.2) is 4.79 Å². The van der Waals surface area contributed by atoms with E-state index in [9.17, 15) is 14.9 Å². The van der Waals surface area contributed by atoms with Gasteiger partial charge in [0.25, 0.3) is 5.91 Å². The van der Waals surface area contributed by atoms with Gasteiger partial charge >= 0.3 is 5.97 Å². The van der Waals surface area contributed by atoms with E-state index in [4.69, 9.17) is 21.1 Å². The molecule has 0 aliphatic heterocycles. The summed E-state index contributed by atoms with van der Waals surface area (Å²) in [6.45, 7) is 2.33. The molecule has 8 heteroatoms. The van der Waals surface area contributed by atoms with Crippen LogP contribution in [-0.4, -0.2) is 25.6 Å². The molecular weight excluding hydrogens is 406 g/mol. The van der Waals surface area contributed by atoms with E-state index >= 15 is 0 Å². The number of methoxy groups -OCH3 is 1. The second-order valence-corrected chi connectivity index (χ2v) is 6.56. The zero-order valence-electron chi connectivity index (χ0n) is 16.7. The second-order valence-electron chi connectivity index (χ2n) is 6.15. The van der Waals surface area contributed by atoms with Crippen molar-refractivity contribution < 1.29 is 19.1 Å². The van der Waals surface area contributed by atoms with E-state index in [2.05, 4.69) is 10.6 Å². The van der Waals surface area contributed by atoms with Crippen molar-refractivity contribution in [1.82, 2.24) is 0 Å². The summed E-state index contributed by atoms with van der Waals surface area (Å²) in [4.78, 5) is 24.7. The number of hydrogen-bond acceptors (Lipinski definition) is 6. The number of hydrogen-bond donors (Lipinski definition) is 2. The minimum atomic E-state index is -0.630. The van der Waals surface area contributed by atoms with E-state index in [0.29, 0.717) is 34.3 Å². The van der Waals surface area contributed by atoms with Gasteiger partial charge < -0.3 is 20.1 Å². The van der Waals surface area contributed by atoms with E-state index in [1.807, 2.05) is 13.0 Å². The van der Waals surface area contributed by atoms with Crippen molar-refractivity contribution >= 4 is 34.9 Å². The van der Waals surface area contributed by atoms with Crippen molar-refractivity contribution in [3.63, 3.8) is 0 Å². The van der Waals surface area contributed by atoms with Crippen molar-refractivity contribution in [3.8, 4) is 11.8 Å². The molecule has 0 aliphatic carbocycles. The van der Waals surface area contributed by atoms with Crippen LogP contribution in [0.3, 0.4) is 0 Å². The van der Waals surface area contributed by atoms with Crippen LogP contribution in [0.25, 0.3) is 0 Å². The van der Waals surface area contributed by atoms with Gasteiger partial charge in [0, 0.05) is 11.9 Å². The van der Waals surface area contributed by atoms with E-state index in [1.54, 1.807) is 36.4 Å². The molecule has 0 heterocycles. The van der Waals surface area contributed by atoms with Gasteiger partial charge in [-0.1, -0.05) is 37.1 Å². The number of ether oxygens (including phenoxy) is 2. The van der Waals surface area contributed by atoms with Crippen molar-refractivity contribution in [1.29, 1.82) is 5.26 Å². The molecule has 7 nitrogen and oxygen atoms in total. The Bertz CT molecular complexity index is 983. The molecule has 0 saturated carbocycles. The van der Waals surface area contributed by atoms with E-state index in [-0.39, 0.29) is 5.57 Å². The van der Waals surface area contributed by atoms with Crippen LogP contribution in [0.4, 0.5) is 11.4 Å². The van der Waals surface area contributed by atoms with E-state index in [1.165, 1.54) is 19.4 Å². The standard InChI is InChI=1S/C22H22ClN3O4/c1-3-4-11-30-22(28)17-7-5-6-8-19(17)25-14-15(13-24)21(27)26-16-9-10-20(29-2)18(23)12-16/h5-10,12,14,25H,3-4,11H2,1-2H3,(H,26,27)/b15-14-. The summed E-state index contributed by atoms with van der Waals surface area (Å²) >= 11 is 6.05. The average molecular weight is 428 g/mol. The Hall–Kier alpha value is -3.50. The molecule has 2 aromatic rings. The molecule has 2 aromatic carbocycles. The van der Waals surface area contributed by atoms with Crippen LogP contribution in [-0.2, 0) is 9.53 Å². The minimum absolute atomic E-state index is 0.184. The average Bonchev–Trinajstić information content (AvgIpc) is 2.74. The molecule has 0 spiro atoms. The van der Waals surface area contributed by atoms with Gasteiger partial charge in [-0.05, 0) is 36.8 Å². The molecule has 0 fully saturated rings. The molecule has 30 heavy (non-hydrogen) atoms. The van der Waals surface area contributed by atoms with Crippen LogP contribution >= 0.6 is 11.6 Å². The Morgan fingerprint density at radius 1 is 1.23 bits per heavy atom. The maximum atomic E-state index is 12.4. The van der Waals surface area contributed by atoms with Crippen LogP contribution in [0.1, 0.15) is 30.1 Å². The highest BCUT2D eigenvalue weighted by Crippen LogP contribution is 2.27. The molecule has 0 atom stereocenters. The van der Waals surface area contributed by atoms with Crippen molar-refractivity contribution in [2.75, 3.05) is 24.4 Å². The number of nitrogens with zero attached hydrogens (tertiary/aromatic N) is 1. The third-order valence-electron chi connectivity index (χ3n) is 4.02. The Labute approximate surface area is 180 Å². The third kappa shape index (κ3) is 6.26. The van der Waals surface area contributed by atoms with Gasteiger partial charge in [-0.15, -0.1) is 0 Å². The van der Waals surface area contributed by atoms with Gasteiger partial charge in [-0.3, -0.25) is 4.79 Å². The lowest BCUT2D eigenvalue weighted by molar-refractivity contribution is -0.112. The summed E-state index contributed by atoms with van der Waals surface area (Å²) in [6, 6.07) is 13.3. The van der Waals surface area contributed by atoms with E-state index < -0.39 is 11.9 Å².